The molecule has 0 aromatic heterocycles. The van der Waals surface area contributed by atoms with E-state index in [4.69, 9.17) is 9.47 Å². The Kier molecular flexibility index (Phi) is 10.6. The zero-order chi connectivity index (χ0) is 18.5. The van der Waals surface area contributed by atoms with Gasteiger partial charge in [-0.05, 0) is 30.9 Å². The van der Waals surface area contributed by atoms with E-state index in [0.29, 0.717) is 13.2 Å². The molecule has 0 aliphatic heterocycles. The molecule has 0 atom stereocenters. The number of rotatable bonds is 12. The number of carbonyl (C=O) groups excluding carboxylic acids is 2. The Balaban J connectivity index is 2.34. The average Bonchev–Trinajstić information content (AvgIpc) is 2.61. The summed E-state index contributed by atoms with van der Waals surface area (Å²) in [7, 11) is 0. The molecule has 0 bridgehead atoms. The van der Waals surface area contributed by atoms with E-state index in [1.165, 1.54) is 25.7 Å². The number of carbonyl (C=O) groups is 2. The van der Waals surface area contributed by atoms with E-state index in [1.807, 2.05) is 6.92 Å². The van der Waals surface area contributed by atoms with Crippen LogP contribution < -0.4 is 0 Å². The molecule has 0 aliphatic carbocycles. The van der Waals surface area contributed by atoms with Gasteiger partial charge in [-0.1, -0.05) is 65.0 Å². The maximum Gasteiger partial charge on any atom is 0.339 e. The molecule has 4 heteroatoms. The molecule has 0 aliphatic rings. The van der Waals surface area contributed by atoms with Crippen LogP contribution in [0.4, 0.5) is 0 Å². The highest BCUT2D eigenvalue weighted by atomic mass is 16.5. The van der Waals surface area contributed by atoms with Crippen LogP contribution in [0.2, 0.25) is 0 Å². The Morgan fingerprint density at radius 3 is 1.92 bits per heavy atom. The average molecular weight is 348 g/mol. The van der Waals surface area contributed by atoms with E-state index in [2.05, 4.69) is 13.8 Å². The van der Waals surface area contributed by atoms with Crippen LogP contribution in [0.15, 0.2) is 24.3 Å². The lowest BCUT2D eigenvalue weighted by Crippen LogP contribution is -2.14. The van der Waals surface area contributed by atoms with E-state index < -0.39 is 11.9 Å². The van der Waals surface area contributed by atoms with Crippen molar-refractivity contribution >= 4 is 11.9 Å². The minimum Gasteiger partial charge on any atom is -0.462 e. The lowest BCUT2D eigenvalue weighted by atomic mass is 10.0. The Morgan fingerprint density at radius 1 is 0.840 bits per heavy atom. The smallest absolute Gasteiger partial charge is 0.339 e. The van der Waals surface area contributed by atoms with Crippen molar-refractivity contribution in [1.29, 1.82) is 0 Å². The second-order valence-electron chi connectivity index (χ2n) is 6.77. The van der Waals surface area contributed by atoms with Gasteiger partial charge >= 0.3 is 11.9 Å². The van der Waals surface area contributed by atoms with Crippen molar-refractivity contribution in [3.05, 3.63) is 35.4 Å². The van der Waals surface area contributed by atoms with Crippen LogP contribution in [-0.4, -0.2) is 25.2 Å². The van der Waals surface area contributed by atoms with E-state index in [1.54, 1.807) is 24.3 Å². The predicted molar refractivity (Wildman–Crippen MR) is 99.8 cm³/mol. The summed E-state index contributed by atoms with van der Waals surface area (Å²) < 4.78 is 10.4. The van der Waals surface area contributed by atoms with Crippen molar-refractivity contribution in [3.8, 4) is 0 Å². The molecule has 1 aromatic carbocycles. The van der Waals surface area contributed by atoms with Gasteiger partial charge in [0, 0.05) is 0 Å². The molecule has 0 N–H and O–H groups in total. The fourth-order valence-electron chi connectivity index (χ4n) is 2.54. The van der Waals surface area contributed by atoms with Gasteiger partial charge in [-0.25, -0.2) is 9.59 Å². The first kappa shape index (κ1) is 21.2. The van der Waals surface area contributed by atoms with Gasteiger partial charge in [0.1, 0.15) is 0 Å². The summed E-state index contributed by atoms with van der Waals surface area (Å²) in [6, 6.07) is 6.65. The third kappa shape index (κ3) is 8.71. The lowest BCUT2D eigenvalue weighted by molar-refractivity contribution is 0.0454. The van der Waals surface area contributed by atoms with Crippen molar-refractivity contribution in [3.63, 3.8) is 0 Å². The molecule has 0 radical (unpaired) electrons. The van der Waals surface area contributed by atoms with Gasteiger partial charge in [0.15, 0.2) is 0 Å². The Labute approximate surface area is 151 Å². The monoisotopic (exact) mass is 348 g/mol. The summed E-state index contributed by atoms with van der Waals surface area (Å²) in [6.07, 6.45) is 7.62. The fourth-order valence-corrected chi connectivity index (χ4v) is 2.54. The van der Waals surface area contributed by atoms with E-state index >= 15 is 0 Å². The predicted octanol–water partition coefficient (Wildman–Crippen LogP) is 5.41. The van der Waals surface area contributed by atoms with Crippen molar-refractivity contribution in [2.24, 2.45) is 5.92 Å². The standard InChI is InChI=1S/C21H32O4/c1-4-15-24-20(22)18-13-9-10-14-19(18)21(23)25-16-11-7-5-6-8-12-17(2)3/h9-10,13-14,17H,4-8,11-12,15-16H2,1-3H3. The van der Waals surface area contributed by atoms with Crippen molar-refractivity contribution in [2.75, 3.05) is 13.2 Å². The highest BCUT2D eigenvalue weighted by molar-refractivity contribution is 6.03. The highest BCUT2D eigenvalue weighted by Gasteiger charge is 2.18. The van der Waals surface area contributed by atoms with E-state index in [9.17, 15) is 9.59 Å². The zero-order valence-electron chi connectivity index (χ0n) is 15.9. The maximum atomic E-state index is 12.2. The summed E-state index contributed by atoms with van der Waals surface area (Å²) in [4.78, 5) is 24.2. The SMILES string of the molecule is CCCOC(=O)c1ccccc1C(=O)OCCCCCCCC(C)C. The third-order valence-electron chi connectivity index (χ3n) is 3.96. The van der Waals surface area contributed by atoms with Crippen LogP contribution in [0.25, 0.3) is 0 Å². The summed E-state index contributed by atoms with van der Waals surface area (Å²) >= 11 is 0. The molecule has 0 amide bonds. The molecule has 0 heterocycles. The van der Waals surface area contributed by atoms with Crippen molar-refractivity contribution in [1.82, 2.24) is 0 Å². The zero-order valence-corrected chi connectivity index (χ0v) is 15.9. The largest absolute Gasteiger partial charge is 0.462 e. The van der Waals surface area contributed by atoms with Crippen LogP contribution in [0, 0.1) is 5.92 Å². The first-order valence-electron chi connectivity index (χ1n) is 9.49. The third-order valence-corrected chi connectivity index (χ3v) is 3.96. The molecular formula is C21H32O4. The second kappa shape index (κ2) is 12.5. The maximum absolute atomic E-state index is 12.2. The lowest BCUT2D eigenvalue weighted by Gasteiger charge is -2.09. The van der Waals surface area contributed by atoms with Crippen LogP contribution in [0.1, 0.15) is 86.4 Å². The number of unbranched alkanes of at least 4 members (excludes halogenated alkanes) is 4. The molecule has 0 saturated heterocycles. The van der Waals surface area contributed by atoms with Gasteiger partial charge in [0.2, 0.25) is 0 Å². The molecule has 140 valence electrons. The van der Waals surface area contributed by atoms with Gasteiger partial charge in [-0.2, -0.15) is 0 Å². The first-order valence-corrected chi connectivity index (χ1v) is 9.49. The van der Waals surface area contributed by atoms with Gasteiger partial charge in [0.25, 0.3) is 0 Å². The Hall–Kier alpha value is -1.84. The number of hydrogen-bond acceptors (Lipinski definition) is 4. The normalized spacial score (nSPS) is 10.7. The summed E-state index contributed by atoms with van der Waals surface area (Å²) in [5, 5.41) is 0. The van der Waals surface area contributed by atoms with Gasteiger partial charge < -0.3 is 9.47 Å². The molecule has 1 rings (SSSR count). The second-order valence-corrected chi connectivity index (χ2v) is 6.77. The molecule has 0 unspecified atom stereocenters. The Morgan fingerprint density at radius 2 is 1.36 bits per heavy atom. The van der Waals surface area contributed by atoms with Crippen molar-refractivity contribution in [2.45, 2.75) is 65.7 Å². The number of hydrogen-bond donors (Lipinski definition) is 0. The first-order chi connectivity index (χ1) is 12.1. The van der Waals surface area contributed by atoms with Gasteiger partial charge in [-0.15, -0.1) is 0 Å². The molecule has 0 spiro atoms. The van der Waals surface area contributed by atoms with Crippen LogP contribution in [0.5, 0.6) is 0 Å². The topological polar surface area (TPSA) is 52.6 Å². The van der Waals surface area contributed by atoms with E-state index in [-0.39, 0.29) is 11.1 Å². The molecule has 1 aromatic rings. The number of benzene rings is 1. The minimum atomic E-state index is -0.473. The number of ether oxygens (including phenoxy) is 2. The van der Waals surface area contributed by atoms with Crippen molar-refractivity contribution < 1.29 is 19.1 Å². The summed E-state index contributed by atoms with van der Waals surface area (Å²) in [5.74, 6) is -0.159. The van der Waals surface area contributed by atoms with Gasteiger partial charge in [-0.3, -0.25) is 0 Å². The van der Waals surface area contributed by atoms with E-state index in [0.717, 1.165) is 25.2 Å². The molecule has 0 fully saturated rings. The van der Waals surface area contributed by atoms with Crippen LogP contribution >= 0.6 is 0 Å². The fraction of sp³-hybridized carbons (Fsp3) is 0.619. The Bertz CT molecular complexity index is 522. The van der Waals surface area contributed by atoms with Crippen LogP contribution in [-0.2, 0) is 9.47 Å². The van der Waals surface area contributed by atoms with Gasteiger partial charge in [0.05, 0.1) is 24.3 Å². The molecule has 4 nitrogen and oxygen atoms in total. The number of esters is 2. The summed E-state index contributed by atoms with van der Waals surface area (Å²) in [5.41, 5.74) is 0.551. The quantitative estimate of drug-likeness (QED) is 0.374. The van der Waals surface area contributed by atoms with Crippen LogP contribution in [0.3, 0.4) is 0 Å². The molecular weight excluding hydrogens is 316 g/mol. The molecule has 25 heavy (non-hydrogen) atoms. The molecule has 0 saturated carbocycles. The minimum absolute atomic E-state index is 0.273. The summed E-state index contributed by atoms with van der Waals surface area (Å²) in [6.45, 7) is 7.15. The highest BCUT2D eigenvalue weighted by Crippen LogP contribution is 2.14.